The molecule has 0 saturated heterocycles. The van der Waals surface area contributed by atoms with Crippen molar-refractivity contribution < 1.29 is 19.8 Å². The first kappa shape index (κ1) is 16.6. The van der Waals surface area contributed by atoms with E-state index in [0.717, 1.165) is 0 Å². The third-order valence-electron chi connectivity index (χ3n) is 3.05. The molecule has 0 N–H and O–H groups in total. The number of hydrogen-bond acceptors (Lipinski definition) is 0. The van der Waals surface area contributed by atoms with Gasteiger partial charge in [0.1, 0.15) is 0 Å². The van der Waals surface area contributed by atoms with Gasteiger partial charge in [0.25, 0.3) is 0 Å². The van der Waals surface area contributed by atoms with Gasteiger partial charge in [0, 0.05) is 0 Å². The first-order valence-electron chi connectivity index (χ1n) is 6.60. The van der Waals surface area contributed by atoms with Crippen molar-refractivity contribution in [3.05, 3.63) is 60.7 Å². The molecule has 0 amide bonds. The molecule has 0 aliphatic rings. The van der Waals surface area contributed by atoms with Gasteiger partial charge in [0.2, 0.25) is 0 Å². The van der Waals surface area contributed by atoms with Crippen molar-refractivity contribution >= 4 is 29.8 Å². The summed E-state index contributed by atoms with van der Waals surface area (Å²) in [6.45, 7) is 4.87. The van der Waals surface area contributed by atoms with E-state index < -0.39 is 7.20 Å². The summed E-state index contributed by atoms with van der Waals surface area (Å²) in [7, 11) is -0.861. The van der Waals surface area contributed by atoms with Crippen LogP contribution in [0.15, 0.2) is 70.5 Å². The Hall–Kier alpha value is 0.250. The normalized spacial score (nSPS) is 13.4. The Labute approximate surface area is 146 Å². The van der Waals surface area contributed by atoms with E-state index in [4.69, 9.17) is 0 Å². The summed E-state index contributed by atoms with van der Waals surface area (Å²) < 4.78 is 1.70. The van der Waals surface area contributed by atoms with Gasteiger partial charge in [-0.05, 0) is 0 Å². The average molecular weight is 511 g/mol. The van der Waals surface area contributed by atoms with Crippen LogP contribution < -0.4 is 19.8 Å². The van der Waals surface area contributed by atoms with Gasteiger partial charge in [-0.1, -0.05) is 0 Å². The molecule has 0 aliphatic carbocycles. The Kier molecular flexibility index (Phi) is 5.82. The monoisotopic (exact) mass is 511 g/mol. The molecule has 0 aliphatic heterocycles. The van der Waals surface area contributed by atoms with Crippen molar-refractivity contribution in [1.29, 1.82) is 0 Å². The maximum atomic E-state index is 2.55. The molecule has 2 rings (SSSR count). The van der Waals surface area contributed by atoms with Crippen LogP contribution in [0.4, 0.5) is 0 Å². The predicted octanol–water partition coefficient (Wildman–Crippen LogP) is 2.76. The Morgan fingerprint density at radius 1 is 0.900 bits per heavy atom. The molecule has 0 bridgehead atoms. The molecule has 2 aromatic carbocycles. The molecule has 20 heavy (non-hydrogen) atoms. The van der Waals surface area contributed by atoms with E-state index in [1.807, 2.05) is 0 Å². The van der Waals surface area contributed by atoms with E-state index in [-0.39, 0.29) is 19.8 Å². The predicted molar refractivity (Wildman–Crippen MR) is 95.9 cm³/mol. The first-order chi connectivity index (χ1) is 9.48. The summed E-state index contributed by atoms with van der Waals surface area (Å²) in [5.74, 6) is 0. The molecule has 2 aromatic rings. The van der Waals surface area contributed by atoms with Crippen LogP contribution in [0.5, 0.6) is 0 Å². The second-order valence-electron chi connectivity index (χ2n) is 5.37. The van der Waals surface area contributed by atoms with E-state index in [9.17, 15) is 0 Å². The van der Waals surface area contributed by atoms with Crippen molar-refractivity contribution in [3.63, 3.8) is 0 Å². The number of alkyl halides is 2. The number of hydrogen-bond donors (Lipinski definition) is 0. The summed E-state index contributed by atoms with van der Waals surface area (Å²) >= 11 is 2.60. The van der Waals surface area contributed by atoms with Crippen LogP contribution in [0.25, 0.3) is 0 Å². The fraction of sp³-hybridized carbons (Fsp3) is 0.294. The third-order valence-corrected chi connectivity index (χ3v) is 19.1. The van der Waals surface area contributed by atoms with Crippen molar-refractivity contribution in [2.45, 2.75) is 27.1 Å². The zero-order chi connectivity index (χ0) is 14.6. The molecule has 0 heterocycles. The number of benzene rings is 2. The maximum absolute atomic E-state index is 2.55. The summed E-state index contributed by atoms with van der Waals surface area (Å²) in [5.41, 5.74) is 0. The Bertz CT molecular complexity index is 498. The summed E-state index contributed by atoms with van der Waals surface area (Å²) in [6, 6.07) is 22.3. The van der Waals surface area contributed by atoms with Gasteiger partial charge < -0.3 is 0 Å². The molecule has 0 aromatic heterocycles. The molecule has 0 spiro atoms. The van der Waals surface area contributed by atoms with Crippen molar-refractivity contribution in [2.75, 3.05) is 10.7 Å². The molecule has 0 radical (unpaired) electrons. The van der Waals surface area contributed by atoms with Crippen LogP contribution in [0, 0.1) is 0 Å². The first-order valence-corrected chi connectivity index (χ1v) is 13.8. The molecule has 0 unspecified atom stereocenters. The molecule has 0 nitrogen and oxygen atoms in total. The quantitative estimate of drug-likeness (QED) is 0.428. The van der Waals surface area contributed by atoms with Gasteiger partial charge >= 0.3 is 148 Å². The van der Waals surface area contributed by atoms with Crippen LogP contribution in [0.3, 0.4) is 0 Å². The molecule has 3 heteroatoms. The van der Waals surface area contributed by atoms with Crippen LogP contribution in [0.2, 0.25) is 0 Å². The van der Waals surface area contributed by atoms with Gasteiger partial charge in [0.05, 0.1) is 0 Å². The summed E-state index contributed by atoms with van der Waals surface area (Å²) in [5, 5.41) is 0. The summed E-state index contributed by atoms with van der Waals surface area (Å²) in [6.07, 6.45) is 2.51. The van der Waals surface area contributed by atoms with Crippen LogP contribution in [-0.4, -0.2) is 14.1 Å². The molecule has 0 atom stereocenters. The molecular weight excluding hydrogens is 490 g/mol. The Morgan fingerprint density at radius 3 is 1.65 bits per heavy atom. The SMILES string of the molecule is CC(C)(CI)[I-]S(C)(c1ccccc1)c1ccccc1. The van der Waals surface area contributed by atoms with E-state index in [0.29, 0.717) is 3.42 Å². The zero-order valence-electron chi connectivity index (χ0n) is 12.1. The van der Waals surface area contributed by atoms with Gasteiger partial charge in [-0.3, -0.25) is 0 Å². The molecule has 110 valence electrons. The number of rotatable bonds is 5. The zero-order valence-corrected chi connectivity index (χ0v) is 17.3. The third kappa shape index (κ3) is 3.91. The van der Waals surface area contributed by atoms with E-state index in [2.05, 4.69) is 103 Å². The fourth-order valence-corrected chi connectivity index (χ4v) is 17.8. The standard InChI is InChI=1S/C17H21I2S/c1-17(2,14-18)19-20(3,15-10-6-4-7-11-15)16-12-8-5-9-13-16/h4-13H,14H2,1-3H3/q-1. The van der Waals surface area contributed by atoms with Gasteiger partial charge in [-0.25, -0.2) is 0 Å². The Morgan fingerprint density at radius 2 is 1.30 bits per heavy atom. The fourth-order valence-electron chi connectivity index (χ4n) is 2.02. The average Bonchev–Trinajstić information content (AvgIpc) is 2.48. The Balaban J connectivity index is 2.50. The van der Waals surface area contributed by atoms with Gasteiger partial charge in [-0.15, -0.1) is 0 Å². The van der Waals surface area contributed by atoms with E-state index >= 15 is 0 Å². The van der Waals surface area contributed by atoms with Crippen LogP contribution >= 0.6 is 29.8 Å². The number of halogens is 2. The minimum absolute atomic E-state index is 0.0474. The van der Waals surface area contributed by atoms with E-state index in [1.54, 1.807) is 0 Å². The molecule has 0 saturated carbocycles. The second-order valence-corrected chi connectivity index (χ2v) is 18.4. The van der Waals surface area contributed by atoms with Crippen molar-refractivity contribution in [2.24, 2.45) is 0 Å². The minimum atomic E-state index is -0.861. The van der Waals surface area contributed by atoms with Gasteiger partial charge in [-0.2, -0.15) is 0 Å². The topological polar surface area (TPSA) is 0 Å². The molecular formula is C17H21I2S-. The van der Waals surface area contributed by atoms with Crippen molar-refractivity contribution in [1.82, 2.24) is 0 Å². The molecule has 0 fully saturated rings. The van der Waals surface area contributed by atoms with Crippen LogP contribution in [0.1, 0.15) is 13.8 Å². The van der Waals surface area contributed by atoms with Gasteiger partial charge in [0.15, 0.2) is 0 Å². The van der Waals surface area contributed by atoms with Crippen molar-refractivity contribution in [3.8, 4) is 0 Å². The second kappa shape index (κ2) is 7.01. The summed E-state index contributed by atoms with van der Waals surface area (Å²) in [4.78, 5) is 3.08. The van der Waals surface area contributed by atoms with Crippen LogP contribution in [-0.2, 0) is 0 Å². The van der Waals surface area contributed by atoms with E-state index in [1.165, 1.54) is 14.2 Å².